The summed E-state index contributed by atoms with van der Waals surface area (Å²) in [6.45, 7) is 2.07. The summed E-state index contributed by atoms with van der Waals surface area (Å²) in [5, 5.41) is 9.84. The van der Waals surface area contributed by atoms with Gasteiger partial charge >= 0.3 is 7.12 Å². The minimum absolute atomic E-state index is 0.109. The molecule has 0 unspecified atom stereocenters. The Bertz CT molecular complexity index is 991. The summed E-state index contributed by atoms with van der Waals surface area (Å²) in [5.41, 5.74) is 2.25. The van der Waals surface area contributed by atoms with Gasteiger partial charge in [0.2, 0.25) is 0 Å². The average Bonchev–Trinajstić information content (AvgIpc) is 3.00. The fraction of sp³-hybridized carbons (Fsp3) is 0.333. The Labute approximate surface area is 163 Å². The first-order valence-corrected chi connectivity index (χ1v) is 10.3. The molecule has 2 aromatic carbocycles. The molecule has 2 aliphatic heterocycles. The smallest absolute Gasteiger partial charge is 0.491 e. The third-order valence-corrected chi connectivity index (χ3v) is 6.17. The Morgan fingerprint density at radius 2 is 2.04 bits per heavy atom. The minimum Gasteiger partial charge on any atom is -0.497 e. The number of fused-ring (bicyclic) bond motifs is 1. The Balaban J connectivity index is 1.62. The van der Waals surface area contributed by atoms with Gasteiger partial charge in [0, 0.05) is 12.1 Å². The highest BCUT2D eigenvalue weighted by molar-refractivity contribution is 7.92. The maximum Gasteiger partial charge on any atom is 0.491 e. The molecule has 0 radical (unpaired) electrons. The molecule has 10 heteroatoms. The van der Waals surface area contributed by atoms with E-state index in [0.717, 1.165) is 5.56 Å². The molecule has 0 atom stereocenters. The van der Waals surface area contributed by atoms with Crippen molar-refractivity contribution in [3.63, 3.8) is 0 Å². The van der Waals surface area contributed by atoms with E-state index in [1.54, 1.807) is 37.3 Å². The lowest BCUT2D eigenvalue weighted by Gasteiger charge is -2.34. The molecule has 4 rings (SSSR count). The standard InChI is InChI=1S/C18H20BNO7S/c1-11-26-18(27-11)8-13-7-15(24-2)5-6-17(13)28(22,23)20-14-4-3-12-10-25-19(21)16(12)9-14/h3-7,9,11,18,20-21H,8,10H2,1-2H3. The van der Waals surface area contributed by atoms with Crippen LogP contribution in [0.5, 0.6) is 5.75 Å². The van der Waals surface area contributed by atoms with Crippen molar-refractivity contribution in [1.29, 1.82) is 0 Å². The van der Waals surface area contributed by atoms with Crippen LogP contribution in [-0.2, 0) is 37.2 Å². The number of anilines is 1. The number of methoxy groups -OCH3 is 1. The zero-order chi connectivity index (χ0) is 19.9. The molecule has 148 valence electrons. The number of benzene rings is 2. The Morgan fingerprint density at radius 1 is 1.25 bits per heavy atom. The lowest BCUT2D eigenvalue weighted by atomic mass is 9.79. The summed E-state index contributed by atoms with van der Waals surface area (Å²) >= 11 is 0. The van der Waals surface area contributed by atoms with Crippen LogP contribution in [0.15, 0.2) is 41.3 Å². The third-order valence-electron chi connectivity index (χ3n) is 4.69. The highest BCUT2D eigenvalue weighted by Crippen LogP contribution is 2.28. The molecule has 0 saturated carbocycles. The van der Waals surface area contributed by atoms with Crippen LogP contribution in [0.3, 0.4) is 0 Å². The molecule has 8 nitrogen and oxygen atoms in total. The van der Waals surface area contributed by atoms with E-state index in [9.17, 15) is 13.4 Å². The summed E-state index contributed by atoms with van der Waals surface area (Å²) in [4.78, 5) is 0.109. The summed E-state index contributed by atoms with van der Waals surface area (Å²) < 4.78 is 49.9. The van der Waals surface area contributed by atoms with Gasteiger partial charge in [-0.3, -0.25) is 4.72 Å². The third kappa shape index (κ3) is 3.74. The van der Waals surface area contributed by atoms with E-state index < -0.39 is 23.4 Å². The van der Waals surface area contributed by atoms with Gasteiger partial charge in [-0.1, -0.05) is 6.07 Å². The second-order valence-corrected chi connectivity index (χ2v) is 8.28. The van der Waals surface area contributed by atoms with Crippen LogP contribution in [0.1, 0.15) is 18.1 Å². The molecule has 2 aromatic rings. The van der Waals surface area contributed by atoms with E-state index >= 15 is 0 Å². The van der Waals surface area contributed by atoms with E-state index in [4.69, 9.17) is 18.9 Å². The zero-order valence-corrected chi connectivity index (χ0v) is 16.2. The monoisotopic (exact) mass is 405 g/mol. The minimum atomic E-state index is -3.89. The van der Waals surface area contributed by atoms with E-state index in [2.05, 4.69) is 4.72 Å². The molecule has 0 aromatic heterocycles. The number of ether oxygens (including phenoxy) is 3. The lowest BCUT2D eigenvalue weighted by molar-refractivity contribution is -0.374. The second kappa shape index (κ2) is 7.38. The van der Waals surface area contributed by atoms with E-state index in [0.29, 0.717) is 29.1 Å². The van der Waals surface area contributed by atoms with Crippen LogP contribution < -0.4 is 14.9 Å². The van der Waals surface area contributed by atoms with Crippen LogP contribution >= 0.6 is 0 Å². The van der Waals surface area contributed by atoms with Crippen molar-refractivity contribution in [2.75, 3.05) is 11.8 Å². The molecule has 2 N–H and O–H groups in total. The van der Waals surface area contributed by atoms with Crippen molar-refractivity contribution in [3.8, 4) is 5.75 Å². The van der Waals surface area contributed by atoms with Crippen LogP contribution in [0.25, 0.3) is 0 Å². The first-order chi connectivity index (χ1) is 13.4. The van der Waals surface area contributed by atoms with E-state index in [1.165, 1.54) is 13.2 Å². The molecule has 0 aliphatic carbocycles. The van der Waals surface area contributed by atoms with Gasteiger partial charge < -0.3 is 23.9 Å². The molecular weight excluding hydrogens is 385 g/mol. The number of hydrogen-bond donors (Lipinski definition) is 2. The molecule has 1 fully saturated rings. The van der Waals surface area contributed by atoms with Gasteiger partial charge in [0.15, 0.2) is 12.6 Å². The average molecular weight is 405 g/mol. The molecular formula is C18H20BNO7S. The van der Waals surface area contributed by atoms with Gasteiger partial charge in [0.1, 0.15) is 5.75 Å². The maximum absolute atomic E-state index is 13.0. The van der Waals surface area contributed by atoms with Crippen LogP contribution in [0, 0.1) is 0 Å². The zero-order valence-electron chi connectivity index (χ0n) is 15.4. The van der Waals surface area contributed by atoms with E-state index in [-0.39, 0.29) is 17.6 Å². The predicted molar refractivity (Wildman–Crippen MR) is 102 cm³/mol. The Kier molecular flexibility index (Phi) is 5.06. The van der Waals surface area contributed by atoms with Gasteiger partial charge in [0.05, 0.1) is 18.6 Å². The first kappa shape index (κ1) is 19.2. The number of sulfonamides is 1. The molecule has 1 saturated heterocycles. The van der Waals surface area contributed by atoms with Gasteiger partial charge in [-0.15, -0.1) is 0 Å². The lowest BCUT2D eigenvalue weighted by Crippen LogP contribution is -2.40. The van der Waals surface area contributed by atoms with Crippen LogP contribution in [0.4, 0.5) is 5.69 Å². The van der Waals surface area contributed by atoms with Crippen molar-refractivity contribution in [3.05, 3.63) is 47.5 Å². The Hall–Kier alpha value is -2.11. The predicted octanol–water partition coefficient (Wildman–Crippen LogP) is 0.975. The fourth-order valence-corrected chi connectivity index (χ4v) is 4.59. The molecule has 0 bridgehead atoms. The first-order valence-electron chi connectivity index (χ1n) is 8.79. The topological polar surface area (TPSA) is 103 Å². The van der Waals surface area contributed by atoms with E-state index in [1.807, 2.05) is 0 Å². The molecule has 28 heavy (non-hydrogen) atoms. The van der Waals surface area contributed by atoms with Gasteiger partial charge in [-0.05, 0) is 53.8 Å². The van der Waals surface area contributed by atoms with Crippen molar-refractivity contribution in [1.82, 2.24) is 0 Å². The number of nitrogens with one attached hydrogen (secondary N) is 1. The number of rotatable bonds is 6. The maximum atomic E-state index is 13.0. The summed E-state index contributed by atoms with van der Waals surface area (Å²) in [7, 11) is -3.42. The van der Waals surface area contributed by atoms with Crippen molar-refractivity contribution in [2.45, 2.75) is 37.4 Å². The SMILES string of the molecule is COc1ccc(S(=O)(=O)Nc2ccc3c(c2)B(O)OC3)c(CC2OC(C)O2)c1. The largest absolute Gasteiger partial charge is 0.497 e. The van der Waals surface area contributed by atoms with Crippen LogP contribution in [-0.4, -0.2) is 40.3 Å². The van der Waals surface area contributed by atoms with Gasteiger partial charge in [0.25, 0.3) is 10.0 Å². The molecule has 2 aliphatic rings. The highest BCUT2D eigenvalue weighted by atomic mass is 32.2. The molecule has 2 heterocycles. The summed E-state index contributed by atoms with van der Waals surface area (Å²) in [6.07, 6.45) is -0.522. The second-order valence-electron chi connectivity index (χ2n) is 6.63. The van der Waals surface area contributed by atoms with Gasteiger partial charge in [-0.2, -0.15) is 0 Å². The van der Waals surface area contributed by atoms with Crippen molar-refractivity contribution >= 4 is 28.3 Å². The number of hydrogen-bond acceptors (Lipinski definition) is 7. The van der Waals surface area contributed by atoms with Crippen LogP contribution in [0.2, 0.25) is 0 Å². The molecule has 0 spiro atoms. The highest BCUT2D eigenvalue weighted by Gasteiger charge is 2.31. The quantitative estimate of drug-likeness (QED) is 0.691. The molecule has 0 amide bonds. The summed E-state index contributed by atoms with van der Waals surface area (Å²) in [5.74, 6) is 0.541. The Morgan fingerprint density at radius 3 is 2.75 bits per heavy atom. The normalized spacial score (nSPS) is 21.2. The fourth-order valence-electron chi connectivity index (χ4n) is 3.31. The summed E-state index contributed by atoms with van der Waals surface area (Å²) in [6, 6.07) is 9.68. The van der Waals surface area contributed by atoms with Gasteiger partial charge in [-0.25, -0.2) is 8.42 Å². The van der Waals surface area contributed by atoms with Crippen molar-refractivity contribution in [2.24, 2.45) is 0 Å². The van der Waals surface area contributed by atoms with Crippen molar-refractivity contribution < 1.29 is 32.3 Å².